The summed E-state index contributed by atoms with van der Waals surface area (Å²) >= 11 is 6.13. The minimum Gasteiger partial charge on any atom is -0.381 e. The Hall–Kier alpha value is -2.44. The van der Waals surface area contributed by atoms with Crippen molar-refractivity contribution >= 4 is 28.5 Å². The Kier molecular flexibility index (Phi) is 6.39. The van der Waals surface area contributed by atoms with Gasteiger partial charge in [0.15, 0.2) is 0 Å². The summed E-state index contributed by atoms with van der Waals surface area (Å²) in [5.74, 6) is 0.366. The number of carbonyl (C=O) groups excluding carboxylic acids is 1. The fourth-order valence-electron chi connectivity index (χ4n) is 5.96. The van der Waals surface area contributed by atoms with E-state index in [1.54, 1.807) is 6.07 Å². The van der Waals surface area contributed by atoms with Crippen LogP contribution in [0.1, 0.15) is 44.6 Å². The highest BCUT2D eigenvalue weighted by Crippen LogP contribution is 2.46. The molecule has 7 heteroatoms. The first kappa shape index (κ1) is 22.4. The maximum absolute atomic E-state index is 14.1. The lowest BCUT2D eigenvalue weighted by molar-refractivity contribution is -0.128. The van der Waals surface area contributed by atoms with Gasteiger partial charge in [-0.3, -0.25) is 4.79 Å². The van der Waals surface area contributed by atoms with Crippen LogP contribution in [0.15, 0.2) is 42.5 Å². The summed E-state index contributed by atoms with van der Waals surface area (Å²) in [6, 6.07) is 12.4. The molecule has 0 bridgehead atoms. The molecule has 1 aromatic heterocycles. The number of hydrogen-bond acceptors (Lipinski definition) is 3. The van der Waals surface area contributed by atoms with Crippen LogP contribution in [0.4, 0.5) is 4.39 Å². The van der Waals surface area contributed by atoms with Gasteiger partial charge in [0.05, 0.1) is 11.0 Å². The largest absolute Gasteiger partial charge is 0.381 e. The van der Waals surface area contributed by atoms with Crippen LogP contribution in [-0.2, 0) is 9.53 Å². The molecular formula is C26H29ClFN3O2. The Balaban J connectivity index is 1.64. The minimum absolute atomic E-state index is 0.0558. The number of nitrogens with two attached hydrogens (primary N) is 1. The fourth-order valence-corrected chi connectivity index (χ4v) is 6.08. The number of aromatic nitrogens is 2. The molecule has 0 radical (unpaired) electrons. The molecule has 3 atom stereocenters. The van der Waals surface area contributed by atoms with Crippen LogP contribution in [0, 0.1) is 23.6 Å². The zero-order chi connectivity index (χ0) is 22.9. The van der Waals surface area contributed by atoms with Crippen molar-refractivity contribution in [2.45, 2.75) is 44.6 Å². The van der Waals surface area contributed by atoms with E-state index in [9.17, 15) is 9.18 Å². The molecule has 5 rings (SSSR count). The second kappa shape index (κ2) is 9.43. The van der Waals surface area contributed by atoms with Gasteiger partial charge in [-0.05, 0) is 73.9 Å². The number of ether oxygens (including phenoxy) is 1. The first-order chi connectivity index (χ1) is 16.0. The summed E-state index contributed by atoms with van der Waals surface area (Å²) in [7, 11) is 0. The van der Waals surface area contributed by atoms with Gasteiger partial charge in [-0.2, -0.15) is 0 Å². The van der Waals surface area contributed by atoms with E-state index < -0.39 is 0 Å². The van der Waals surface area contributed by atoms with Crippen molar-refractivity contribution in [3.8, 4) is 11.4 Å². The molecule has 2 aromatic carbocycles. The van der Waals surface area contributed by atoms with Gasteiger partial charge in [-0.15, -0.1) is 0 Å². The van der Waals surface area contributed by atoms with Gasteiger partial charge in [0.1, 0.15) is 11.6 Å². The summed E-state index contributed by atoms with van der Waals surface area (Å²) in [6.45, 7) is 1.35. The lowest BCUT2D eigenvalue weighted by atomic mass is 9.69. The van der Waals surface area contributed by atoms with Crippen molar-refractivity contribution in [1.82, 2.24) is 9.55 Å². The number of rotatable bonds is 5. The number of fused-ring (bicyclic) bond motifs is 1. The molecule has 3 unspecified atom stereocenters. The van der Waals surface area contributed by atoms with Crippen LogP contribution in [0.25, 0.3) is 22.4 Å². The van der Waals surface area contributed by atoms with E-state index in [0.29, 0.717) is 23.8 Å². The third kappa shape index (κ3) is 4.38. The molecule has 2 N–H and O–H groups in total. The molecule has 0 spiro atoms. The van der Waals surface area contributed by atoms with Gasteiger partial charge in [0.25, 0.3) is 0 Å². The Morgan fingerprint density at radius 3 is 2.55 bits per heavy atom. The summed E-state index contributed by atoms with van der Waals surface area (Å²) in [5, 5.41) is 0.649. The molecule has 2 heterocycles. The molecule has 33 heavy (non-hydrogen) atoms. The molecule has 3 aromatic rings. The molecule has 1 aliphatic carbocycles. The Morgan fingerprint density at radius 2 is 1.82 bits per heavy atom. The number of imidazole rings is 1. The smallest absolute Gasteiger partial charge is 0.221 e. The number of hydrogen-bond donors (Lipinski definition) is 1. The first-order valence-electron chi connectivity index (χ1n) is 11.8. The zero-order valence-corrected chi connectivity index (χ0v) is 19.3. The standard InChI is InChI=1S/C26H29ClFN3O2/c27-18-7-5-17(6-8-18)26-30-21-15-19(28)9-10-23(21)31(26)22-4-2-1-3-20(22)24(25(29)32)16-11-13-33-14-12-16/h5-10,15-16,20,22,24H,1-4,11-14H2,(H2,29,32). The maximum atomic E-state index is 14.1. The fraction of sp³-hybridized carbons (Fsp3) is 0.462. The molecule has 1 aliphatic heterocycles. The third-order valence-electron chi connectivity index (χ3n) is 7.43. The number of primary amides is 1. The molecule has 2 aliphatic rings. The highest BCUT2D eigenvalue weighted by atomic mass is 35.5. The van der Waals surface area contributed by atoms with Crippen molar-refractivity contribution < 1.29 is 13.9 Å². The Bertz CT molecular complexity index is 1140. The lowest BCUT2D eigenvalue weighted by Gasteiger charge is -2.41. The van der Waals surface area contributed by atoms with Crippen LogP contribution in [0.5, 0.6) is 0 Å². The van der Waals surface area contributed by atoms with E-state index in [0.717, 1.165) is 55.4 Å². The van der Waals surface area contributed by atoms with E-state index in [1.807, 2.05) is 24.3 Å². The number of carbonyl (C=O) groups is 1. The summed E-state index contributed by atoms with van der Waals surface area (Å²) < 4.78 is 21.9. The number of halogens is 2. The van der Waals surface area contributed by atoms with Crippen LogP contribution in [-0.4, -0.2) is 28.7 Å². The van der Waals surface area contributed by atoms with Gasteiger partial charge in [0, 0.05) is 41.8 Å². The van der Waals surface area contributed by atoms with Gasteiger partial charge in [-0.25, -0.2) is 9.37 Å². The highest BCUT2D eigenvalue weighted by molar-refractivity contribution is 6.30. The normalized spacial score (nSPS) is 23.0. The summed E-state index contributed by atoms with van der Waals surface area (Å²) in [6.07, 6.45) is 5.73. The average Bonchev–Trinajstić information content (AvgIpc) is 3.19. The van der Waals surface area contributed by atoms with Crippen molar-refractivity contribution in [3.05, 3.63) is 53.3 Å². The molecule has 174 valence electrons. The number of nitrogens with zero attached hydrogens (tertiary/aromatic N) is 2. The van der Waals surface area contributed by atoms with Crippen LogP contribution >= 0.6 is 11.6 Å². The van der Waals surface area contributed by atoms with Crippen LogP contribution in [0.3, 0.4) is 0 Å². The molecule has 5 nitrogen and oxygen atoms in total. The van der Waals surface area contributed by atoms with Crippen molar-refractivity contribution in [3.63, 3.8) is 0 Å². The SMILES string of the molecule is NC(=O)C(C1CCOCC1)C1CCCCC1n1c(-c2ccc(Cl)cc2)nc2cc(F)ccc21. The summed E-state index contributed by atoms with van der Waals surface area (Å²) in [4.78, 5) is 17.6. The third-order valence-corrected chi connectivity index (χ3v) is 7.68. The second-order valence-corrected chi connectivity index (χ2v) is 9.78. The van der Waals surface area contributed by atoms with Crippen LogP contribution < -0.4 is 5.73 Å². The molecule has 2 fully saturated rings. The summed E-state index contributed by atoms with van der Waals surface area (Å²) in [5.41, 5.74) is 8.46. The quantitative estimate of drug-likeness (QED) is 0.516. The number of benzene rings is 2. The van der Waals surface area contributed by atoms with Gasteiger partial charge in [-0.1, -0.05) is 24.4 Å². The minimum atomic E-state index is -0.313. The Labute approximate surface area is 198 Å². The van der Waals surface area contributed by atoms with Crippen molar-refractivity contribution in [2.75, 3.05) is 13.2 Å². The maximum Gasteiger partial charge on any atom is 0.221 e. The average molecular weight is 470 g/mol. The molecule has 1 saturated heterocycles. The second-order valence-electron chi connectivity index (χ2n) is 9.34. The van der Waals surface area contributed by atoms with Crippen molar-refractivity contribution in [1.29, 1.82) is 0 Å². The molecule has 1 saturated carbocycles. The first-order valence-corrected chi connectivity index (χ1v) is 12.2. The van der Waals surface area contributed by atoms with E-state index in [1.165, 1.54) is 12.1 Å². The van der Waals surface area contributed by atoms with Crippen molar-refractivity contribution in [2.24, 2.45) is 23.5 Å². The molecule has 1 amide bonds. The van der Waals surface area contributed by atoms with E-state index in [2.05, 4.69) is 4.57 Å². The van der Waals surface area contributed by atoms with Gasteiger partial charge in [0.2, 0.25) is 5.91 Å². The predicted octanol–water partition coefficient (Wildman–Crippen LogP) is 5.76. The lowest BCUT2D eigenvalue weighted by Crippen LogP contribution is -2.42. The molecular weight excluding hydrogens is 441 g/mol. The monoisotopic (exact) mass is 469 g/mol. The number of amides is 1. The van der Waals surface area contributed by atoms with E-state index in [-0.39, 0.29) is 35.5 Å². The topological polar surface area (TPSA) is 70.1 Å². The highest BCUT2D eigenvalue weighted by Gasteiger charge is 2.41. The van der Waals surface area contributed by atoms with Gasteiger partial charge >= 0.3 is 0 Å². The van der Waals surface area contributed by atoms with E-state index >= 15 is 0 Å². The predicted molar refractivity (Wildman–Crippen MR) is 127 cm³/mol. The Morgan fingerprint density at radius 1 is 1.09 bits per heavy atom. The van der Waals surface area contributed by atoms with Gasteiger partial charge < -0.3 is 15.0 Å². The van der Waals surface area contributed by atoms with E-state index in [4.69, 9.17) is 27.1 Å². The van der Waals surface area contributed by atoms with Crippen LogP contribution in [0.2, 0.25) is 5.02 Å². The zero-order valence-electron chi connectivity index (χ0n) is 18.6.